The van der Waals surface area contributed by atoms with E-state index in [2.05, 4.69) is 24.5 Å². The van der Waals surface area contributed by atoms with Crippen molar-refractivity contribution in [2.24, 2.45) is 0 Å². The van der Waals surface area contributed by atoms with Crippen LogP contribution in [0.5, 0.6) is 0 Å². The molecule has 0 aliphatic rings. The van der Waals surface area contributed by atoms with Gasteiger partial charge in [0.1, 0.15) is 0 Å². The van der Waals surface area contributed by atoms with Gasteiger partial charge in [0.25, 0.3) is 0 Å². The average Bonchev–Trinajstić information content (AvgIpc) is 2.14. The van der Waals surface area contributed by atoms with Crippen molar-refractivity contribution >= 4 is 5.91 Å². The third kappa shape index (κ3) is 8.39. The summed E-state index contributed by atoms with van der Waals surface area (Å²) < 4.78 is 5.20. The molecule has 0 saturated carbocycles. The quantitative estimate of drug-likeness (QED) is 0.665. The second kappa shape index (κ2) is 6.80. The van der Waals surface area contributed by atoms with E-state index >= 15 is 0 Å². The largest absolute Gasteiger partial charge is 0.377 e. The Bertz CT molecular complexity index is 191. The van der Waals surface area contributed by atoms with Crippen molar-refractivity contribution in [3.63, 3.8) is 0 Å². The summed E-state index contributed by atoms with van der Waals surface area (Å²) >= 11 is 0. The number of hydrogen-bond donors (Lipinski definition) is 2. The summed E-state index contributed by atoms with van der Waals surface area (Å²) in [5, 5.41) is 6.04. The molecule has 0 aromatic heterocycles. The molecule has 0 saturated heterocycles. The summed E-state index contributed by atoms with van der Waals surface area (Å²) in [7, 11) is 1.65. The Balaban J connectivity index is 3.58. The third-order valence-electron chi connectivity index (χ3n) is 2.17. The van der Waals surface area contributed by atoms with Gasteiger partial charge in [-0.3, -0.25) is 4.79 Å². The fraction of sp³-hybridized carbons (Fsp3) is 0.909. The molecule has 15 heavy (non-hydrogen) atoms. The first-order valence-electron chi connectivity index (χ1n) is 5.42. The van der Waals surface area contributed by atoms with Crippen LogP contribution in [0.3, 0.4) is 0 Å². The summed E-state index contributed by atoms with van der Waals surface area (Å²) in [6, 6.07) is 0.424. The molecular weight excluding hydrogens is 192 g/mol. The number of hydrogen-bond acceptors (Lipinski definition) is 3. The molecule has 4 nitrogen and oxygen atoms in total. The zero-order valence-corrected chi connectivity index (χ0v) is 10.5. The van der Waals surface area contributed by atoms with Gasteiger partial charge in [0, 0.05) is 32.7 Å². The molecule has 1 amide bonds. The van der Waals surface area contributed by atoms with Gasteiger partial charge < -0.3 is 15.4 Å². The molecule has 0 radical (unpaired) electrons. The molecule has 2 N–H and O–H groups in total. The monoisotopic (exact) mass is 216 g/mol. The van der Waals surface area contributed by atoms with Crippen LogP contribution in [0.15, 0.2) is 0 Å². The Morgan fingerprint density at radius 3 is 2.47 bits per heavy atom. The number of nitrogens with one attached hydrogen (secondary N) is 2. The summed E-state index contributed by atoms with van der Waals surface area (Å²) in [6.07, 6.45) is 0.512. The van der Waals surface area contributed by atoms with E-state index in [1.807, 2.05) is 13.8 Å². The first kappa shape index (κ1) is 14.4. The lowest BCUT2D eigenvalue weighted by atomic mass is 10.1. The summed E-state index contributed by atoms with van der Waals surface area (Å²) in [6.45, 7) is 9.28. The van der Waals surface area contributed by atoms with E-state index in [0.717, 1.165) is 6.54 Å². The van der Waals surface area contributed by atoms with Crippen molar-refractivity contribution in [1.82, 2.24) is 10.6 Å². The number of amides is 1. The Hall–Kier alpha value is -0.610. The zero-order chi connectivity index (χ0) is 11.9. The fourth-order valence-corrected chi connectivity index (χ4v) is 0.946. The lowest BCUT2D eigenvalue weighted by molar-refractivity contribution is -0.122. The van der Waals surface area contributed by atoms with Gasteiger partial charge in [0.2, 0.25) is 5.91 Å². The maximum absolute atomic E-state index is 11.4. The van der Waals surface area contributed by atoms with Crippen LogP contribution in [0.2, 0.25) is 0 Å². The van der Waals surface area contributed by atoms with Gasteiger partial charge in [-0.2, -0.15) is 0 Å². The van der Waals surface area contributed by atoms with Gasteiger partial charge in [-0.1, -0.05) is 13.8 Å². The molecule has 0 atom stereocenters. The predicted molar refractivity (Wildman–Crippen MR) is 61.9 cm³/mol. The minimum Gasteiger partial charge on any atom is -0.377 e. The van der Waals surface area contributed by atoms with Crippen LogP contribution >= 0.6 is 0 Å². The first-order chi connectivity index (χ1) is 6.87. The number of carbonyl (C=O) groups is 1. The lowest BCUT2D eigenvalue weighted by Crippen LogP contribution is -2.40. The van der Waals surface area contributed by atoms with E-state index < -0.39 is 0 Å². The Labute approximate surface area is 92.8 Å². The molecular formula is C11H24N2O2. The van der Waals surface area contributed by atoms with E-state index in [1.54, 1.807) is 7.11 Å². The first-order valence-corrected chi connectivity index (χ1v) is 5.42. The molecule has 0 aromatic carbocycles. The highest BCUT2D eigenvalue weighted by atomic mass is 16.5. The van der Waals surface area contributed by atoms with Gasteiger partial charge in [0.15, 0.2) is 0 Å². The summed E-state index contributed by atoms with van der Waals surface area (Å²) in [5.41, 5.74) is -0.291. The van der Waals surface area contributed by atoms with Crippen molar-refractivity contribution in [2.45, 2.75) is 45.8 Å². The lowest BCUT2D eigenvalue weighted by Gasteiger charge is -2.23. The van der Waals surface area contributed by atoms with Crippen LogP contribution in [0.25, 0.3) is 0 Å². The highest BCUT2D eigenvalue weighted by Gasteiger charge is 2.16. The fourth-order valence-electron chi connectivity index (χ4n) is 0.946. The molecule has 0 spiro atoms. The predicted octanol–water partition coefficient (Wildman–Crippen LogP) is 0.916. The molecule has 0 heterocycles. The molecule has 4 heteroatoms. The molecule has 0 aromatic rings. The highest BCUT2D eigenvalue weighted by Crippen LogP contribution is 2.04. The second-order valence-corrected chi connectivity index (χ2v) is 4.60. The highest BCUT2D eigenvalue weighted by molar-refractivity contribution is 5.76. The van der Waals surface area contributed by atoms with E-state index in [1.165, 1.54) is 0 Å². The minimum atomic E-state index is -0.291. The molecule has 0 unspecified atom stereocenters. The van der Waals surface area contributed by atoms with Crippen molar-refractivity contribution in [3.8, 4) is 0 Å². The molecule has 0 aliphatic heterocycles. The van der Waals surface area contributed by atoms with Crippen molar-refractivity contribution in [1.29, 1.82) is 0 Å². The van der Waals surface area contributed by atoms with Gasteiger partial charge in [-0.15, -0.1) is 0 Å². The summed E-state index contributed by atoms with van der Waals surface area (Å²) in [4.78, 5) is 11.4. The number of rotatable bonds is 7. The Kier molecular flexibility index (Phi) is 6.52. The van der Waals surface area contributed by atoms with Gasteiger partial charge in [0.05, 0.1) is 5.60 Å². The third-order valence-corrected chi connectivity index (χ3v) is 2.17. The van der Waals surface area contributed by atoms with Crippen LogP contribution in [0, 0.1) is 0 Å². The van der Waals surface area contributed by atoms with Crippen molar-refractivity contribution in [3.05, 3.63) is 0 Å². The minimum absolute atomic E-state index is 0.0632. The van der Waals surface area contributed by atoms with Gasteiger partial charge in [-0.05, 0) is 13.8 Å². The molecule has 90 valence electrons. The van der Waals surface area contributed by atoms with E-state index in [-0.39, 0.29) is 11.5 Å². The van der Waals surface area contributed by atoms with Crippen LogP contribution in [-0.4, -0.2) is 37.7 Å². The topological polar surface area (TPSA) is 50.4 Å². The van der Waals surface area contributed by atoms with Gasteiger partial charge in [-0.25, -0.2) is 0 Å². The molecule has 0 rings (SSSR count). The van der Waals surface area contributed by atoms with Crippen LogP contribution < -0.4 is 10.6 Å². The maximum atomic E-state index is 11.4. The average molecular weight is 216 g/mol. The SMILES string of the molecule is COC(C)(C)CNC(=O)CCNC(C)C. The van der Waals surface area contributed by atoms with Gasteiger partial charge >= 0.3 is 0 Å². The molecule has 0 aliphatic carbocycles. The summed E-state index contributed by atoms with van der Waals surface area (Å²) in [5.74, 6) is 0.0632. The standard InChI is InChI=1S/C11H24N2O2/c1-9(2)12-7-6-10(14)13-8-11(3,4)15-5/h9,12H,6-8H2,1-5H3,(H,13,14). The van der Waals surface area contributed by atoms with Crippen molar-refractivity contribution < 1.29 is 9.53 Å². The van der Waals surface area contributed by atoms with Crippen LogP contribution in [0.1, 0.15) is 34.1 Å². The molecule has 0 fully saturated rings. The van der Waals surface area contributed by atoms with E-state index in [4.69, 9.17) is 4.74 Å². The Morgan fingerprint density at radius 1 is 1.40 bits per heavy atom. The number of carbonyl (C=O) groups excluding carboxylic acids is 1. The van der Waals surface area contributed by atoms with E-state index in [0.29, 0.717) is 19.0 Å². The smallest absolute Gasteiger partial charge is 0.221 e. The number of ether oxygens (including phenoxy) is 1. The Morgan fingerprint density at radius 2 is 2.00 bits per heavy atom. The van der Waals surface area contributed by atoms with Crippen LogP contribution in [-0.2, 0) is 9.53 Å². The van der Waals surface area contributed by atoms with E-state index in [9.17, 15) is 4.79 Å². The normalized spacial score (nSPS) is 11.9. The molecule has 0 bridgehead atoms. The maximum Gasteiger partial charge on any atom is 0.221 e. The number of methoxy groups -OCH3 is 1. The van der Waals surface area contributed by atoms with Crippen LogP contribution in [0.4, 0.5) is 0 Å². The zero-order valence-electron chi connectivity index (χ0n) is 10.5. The second-order valence-electron chi connectivity index (χ2n) is 4.60. The van der Waals surface area contributed by atoms with Crippen molar-refractivity contribution in [2.75, 3.05) is 20.2 Å².